The summed E-state index contributed by atoms with van der Waals surface area (Å²) in [4.78, 5) is 30.2. The van der Waals surface area contributed by atoms with Gasteiger partial charge in [0, 0.05) is 24.5 Å². The molecule has 1 amide bonds. The maximum atomic E-state index is 13.3. The number of pyridine rings is 1. The lowest BCUT2D eigenvalue weighted by Gasteiger charge is -2.21. The predicted octanol–water partition coefficient (Wildman–Crippen LogP) is 3.16. The fourth-order valence-electron chi connectivity index (χ4n) is 4.24. The van der Waals surface area contributed by atoms with Crippen LogP contribution >= 0.6 is 0 Å². The molecule has 0 radical (unpaired) electrons. The van der Waals surface area contributed by atoms with E-state index in [9.17, 15) is 14.7 Å². The molecule has 3 heterocycles. The summed E-state index contributed by atoms with van der Waals surface area (Å²) in [5, 5.41) is 21.4. The van der Waals surface area contributed by atoms with E-state index >= 15 is 0 Å². The number of amides is 1. The van der Waals surface area contributed by atoms with Crippen LogP contribution in [0.4, 0.5) is 5.82 Å². The minimum atomic E-state index is -0.935. The second-order valence-corrected chi connectivity index (χ2v) is 9.37. The van der Waals surface area contributed by atoms with Crippen LogP contribution in [-0.4, -0.2) is 41.2 Å². The van der Waals surface area contributed by atoms with E-state index in [2.05, 4.69) is 20.5 Å². The normalized spacial score (nSPS) is 15.3. The molecule has 1 fully saturated rings. The van der Waals surface area contributed by atoms with Gasteiger partial charge in [-0.1, -0.05) is 25.7 Å². The van der Waals surface area contributed by atoms with Crippen molar-refractivity contribution < 1.29 is 14.6 Å². The molecule has 1 aliphatic rings. The average molecular weight is 467 g/mol. The second kappa shape index (κ2) is 10.2. The number of rotatable bonds is 9. The molecule has 3 aromatic rings. The van der Waals surface area contributed by atoms with Crippen LogP contribution in [0.1, 0.15) is 52.0 Å². The lowest BCUT2D eigenvalue weighted by atomic mass is 9.98. The van der Waals surface area contributed by atoms with Crippen molar-refractivity contribution in [3.63, 3.8) is 0 Å². The number of anilines is 1. The maximum Gasteiger partial charge on any atom is 0.271 e. The number of aliphatic hydroxyl groups is 1. The van der Waals surface area contributed by atoms with E-state index in [0.717, 1.165) is 25.7 Å². The average Bonchev–Trinajstić information content (AvgIpc) is 3.44. The highest BCUT2D eigenvalue weighted by molar-refractivity contribution is 5.92. The molecule has 1 unspecified atom stereocenters. The Morgan fingerprint density at radius 3 is 2.74 bits per heavy atom. The maximum absolute atomic E-state index is 13.3. The number of nitrogens with one attached hydrogen (secondary N) is 1. The third kappa shape index (κ3) is 6.28. The molecule has 0 aliphatic heterocycles. The number of hydrogen-bond donors (Lipinski definition) is 2. The van der Waals surface area contributed by atoms with E-state index in [0.29, 0.717) is 23.9 Å². The Morgan fingerprint density at radius 2 is 2.06 bits per heavy atom. The quantitative estimate of drug-likeness (QED) is 0.496. The van der Waals surface area contributed by atoms with Crippen LogP contribution in [0.15, 0.2) is 53.8 Å². The van der Waals surface area contributed by atoms with Crippen molar-refractivity contribution >= 4 is 11.7 Å². The van der Waals surface area contributed by atoms with Gasteiger partial charge in [-0.2, -0.15) is 10.2 Å². The molecule has 34 heavy (non-hydrogen) atoms. The molecule has 0 bridgehead atoms. The molecule has 2 N–H and O–H groups in total. The van der Waals surface area contributed by atoms with Gasteiger partial charge in [-0.3, -0.25) is 19.3 Å². The zero-order chi connectivity index (χ0) is 24.1. The van der Waals surface area contributed by atoms with Gasteiger partial charge in [-0.15, -0.1) is 0 Å². The van der Waals surface area contributed by atoms with Crippen LogP contribution in [0.25, 0.3) is 0 Å². The predicted molar refractivity (Wildman–Crippen MR) is 126 cm³/mol. The second-order valence-electron chi connectivity index (χ2n) is 9.37. The molecule has 180 valence electrons. The van der Waals surface area contributed by atoms with Crippen LogP contribution in [0, 0.1) is 5.92 Å². The van der Waals surface area contributed by atoms with E-state index in [1.807, 2.05) is 0 Å². The summed E-state index contributed by atoms with van der Waals surface area (Å²) >= 11 is 0. The molecule has 3 aromatic heterocycles. The standard InChI is InChI=1S/C24H30N6O4/c1-24(2,33)16-29-11-9-21(28-29)27-23(32)20(12-17-6-3-4-7-17)30-22(31)13-19(15-26-30)34-18-8-5-10-25-14-18/h5,8-11,13-15,17,20,33H,3-4,6-7,12,16H2,1-2H3,(H,27,28,32). The first-order chi connectivity index (χ1) is 16.3. The highest BCUT2D eigenvalue weighted by Crippen LogP contribution is 2.32. The van der Waals surface area contributed by atoms with Gasteiger partial charge in [0.05, 0.1) is 24.5 Å². The van der Waals surface area contributed by atoms with E-state index in [1.54, 1.807) is 55.3 Å². The number of ether oxygens (including phenoxy) is 1. The molecule has 0 spiro atoms. The van der Waals surface area contributed by atoms with Crippen molar-refractivity contribution in [3.8, 4) is 11.5 Å². The van der Waals surface area contributed by atoms with Crippen LogP contribution < -0.4 is 15.6 Å². The van der Waals surface area contributed by atoms with Crippen molar-refractivity contribution in [1.29, 1.82) is 0 Å². The van der Waals surface area contributed by atoms with Gasteiger partial charge in [-0.05, 0) is 38.3 Å². The van der Waals surface area contributed by atoms with Crippen molar-refractivity contribution in [2.24, 2.45) is 5.92 Å². The Kier molecular flexibility index (Phi) is 7.06. The first kappa shape index (κ1) is 23.6. The van der Waals surface area contributed by atoms with Crippen LogP contribution in [0.5, 0.6) is 11.5 Å². The lowest BCUT2D eigenvalue weighted by molar-refractivity contribution is -0.120. The van der Waals surface area contributed by atoms with Crippen LogP contribution in [0.3, 0.4) is 0 Å². The van der Waals surface area contributed by atoms with Crippen molar-refractivity contribution in [2.75, 3.05) is 5.32 Å². The van der Waals surface area contributed by atoms with Gasteiger partial charge in [0.2, 0.25) is 0 Å². The molecular weight excluding hydrogens is 436 g/mol. The van der Waals surface area contributed by atoms with E-state index in [1.165, 1.54) is 16.9 Å². The summed E-state index contributed by atoms with van der Waals surface area (Å²) in [6.07, 6.45) is 11.1. The Bertz CT molecular complexity index is 1160. The van der Waals surface area contributed by atoms with Crippen molar-refractivity contribution in [1.82, 2.24) is 24.5 Å². The smallest absolute Gasteiger partial charge is 0.271 e. The van der Waals surface area contributed by atoms with Gasteiger partial charge in [-0.25, -0.2) is 4.68 Å². The van der Waals surface area contributed by atoms with Gasteiger partial charge in [0.1, 0.15) is 11.8 Å². The zero-order valence-corrected chi connectivity index (χ0v) is 19.4. The third-order valence-corrected chi connectivity index (χ3v) is 5.74. The minimum absolute atomic E-state index is 0.277. The topological polar surface area (TPSA) is 124 Å². The van der Waals surface area contributed by atoms with Crippen molar-refractivity contribution in [2.45, 2.75) is 64.1 Å². The Labute approximate surface area is 197 Å². The van der Waals surface area contributed by atoms with E-state index in [4.69, 9.17) is 4.74 Å². The molecular formula is C24H30N6O4. The Balaban J connectivity index is 1.53. The third-order valence-electron chi connectivity index (χ3n) is 5.74. The highest BCUT2D eigenvalue weighted by atomic mass is 16.5. The summed E-state index contributed by atoms with van der Waals surface area (Å²) in [6, 6.07) is 5.67. The molecule has 4 rings (SSSR count). The van der Waals surface area contributed by atoms with Gasteiger partial charge < -0.3 is 15.2 Å². The Morgan fingerprint density at radius 1 is 1.26 bits per heavy atom. The summed E-state index contributed by atoms with van der Waals surface area (Å²) in [6.45, 7) is 3.66. The monoisotopic (exact) mass is 466 g/mol. The highest BCUT2D eigenvalue weighted by Gasteiger charge is 2.29. The number of nitrogens with zero attached hydrogens (tertiary/aromatic N) is 5. The summed E-state index contributed by atoms with van der Waals surface area (Å²) in [5.41, 5.74) is -1.36. The Hall–Kier alpha value is -3.53. The fourth-order valence-corrected chi connectivity index (χ4v) is 4.24. The summed E-state index contributed by atoms with van der Waals surface area (Å²) in [5.74, 6) is 1.12. The van der Waals surface area contributed by atoms with E-state index < -0.39 is 17.2 Å². The fraction of sp³-hybridized carbons (Fsp3) is 0.458. The first-order valence-electron chi connectivity index (χ1n) is 11.5. The molecule has 0 aromatic carbocycles. The zero-order valence-electron chi connectivity index (χ0n) is 19.4. The molecule has 0 saturated heterocycles. The van der Waals surface area contributed by atoms with Gasteiger partial charge >= 0.3 is 0 Å². The molecule has 10 heteroatoms. The van der Waals surface area contributed by atoms with E-state index in [-0.39, 0.29) is 18.2 Å². The van der Waals surface area contributed by atoms with Gasteiger partial charge in [0.25, 0.3) is 11.5 Å². The van der Waals surface area contributed by atoms with Crippen LogP contribution in [0.2, 0.25) is 0 Å². The largest absolute Gasteiger partial charge is 0.454 e. The number of hydrogen-bond acceptors (Lipinski definition) is 7. The molecule has 10 nitrogen and oxygen atoms in total. The summed E-state index contributed by atoms with van der Waals surface area (Å²) in [7, 11) is 0. The SMILES string of the molecule is CC(C)(O)Cn1ccc(NC(=O)C(CC2CCCC2)n2ncc(Oc3cccnc3)cc2=O)n1. The molecule has 1 aliphatic carbocycles. The lowest BCUT2D eigenvalue weighted by Crippen LogP contribution is -2.36. The first-order valence-corrected chi connectivity index (χ1v) is 11.5. The number of aromatic nitrogens is 5. The minimum Gasteiger partial charge on any atom is -0.454 e. The van der Waals surface area contributed by atoms with Gasteiger partial charge in [0.15, 0.2) is 11.6 Å². The summed E-state index contributed by atoms with van der Waals surface area (Å²) < 4.78 is 8.44. The molecule has 1 atom stereocenters. The number of carbonyl (C=O) groups is 1. The molecule has 1 saturated carbocycles. The number of carbonyl (C=O) groups excluding carboxylic acids is 1. The van der Waals surface area contributed by atoms with Crippen molar-refractivity contribution in [3.05, 3.63) is 59.4 Å². The van der Waals surface area contributed by atoms with Crippen LogP contribution in [-0.2, 0) is 11.3 Å².